The summed E-state index contributed by atoms with van der Waals surface area (Å²) in [6.07, 6.45) is 0. The van der Waals surface area contributed by atoms with Gasteiger partial charge in [0.1, 0.15) is 0 Å². The van der Waals surface area contributed by atoms with E-state index >= 15 is 0 Å². The molecule has 0 saturated heterocycles. The van der Waals surface area contributed by atoms with Crippen molar-refractivity contribution in [3.63, 3.8) is 0 Å². The van der Waals surface area contributed by atoms with Crippen LogP contribution in [0.25, 0.3) is 0 Å². The van der Waals surface area contributed by atoms with Gasteiger partial charge in [0.2, 0.25) is 0 Å². The van der Waals surface area contributed by atoms with Crippen molar-refractivity contribution in [2.45, 2.75) is 27.0 Å². The van der Waals surface area contributed by atoms with E-state index in [-0.39, 0.29) is 0 Å². The Bertz CT molecular complexity index is 747. The van der Waals surface area contributed by atoms with Crippen LogP contribution in [0.4, 0.5) is 5.69 Å². The summed E-state index contributed by atoms with van der Waals surface area (Å²) in [5.41, 5.74) is 3.15. The molecule has 0 atom stereocenters. The van der Waals surface area contributed by atoms with Gasteiger partial charge >= 0.3 is 0 Å². The fraction of sp³-hybridized carbons (Fsp3) is 0.381. The monoisotopic (exact) mass is 371 g/mol. The van der Waals surface area contributed by atoms with Crippen molar-refractivity contribution >= 4 is 11.6 Å². The second-order valence-electron chi connectivity index (χ2n) is 5.87. The maximum absolute atomic E-state index is 5.64. The topological polar surface area (TPSA) is 64.1 Å². The molecule has 0 fully saturated rings. The summed E-state index contributed by atoms with van der Waals surface area (Å²) in [6, 6.07) is 14.0. The highest BCUT2D eigenvalue weighted by molar-refractivity contribution is 5.93. The summed E-state index contributed by atoms with van der Waals surface area (Å²) in [7, 11) is 3.33. The van der Waals surface area contributed by atoms with Crippen LogP contribution in [-0.2, 0) is 17.9 Å². The predicted molar refractivity (Wildman–Crippen MR) is 110 cm³/mol. The summed E-state index contributed by atoms with van der Waals surface area (Å²) >= 11 is 0. The lowest BCUT2D eigenvalue weighted by Crippen LogP contribution is -2.30. The minimum absolute atomic E-state index is 0.571. The fourth-order valence-electron chi connectivity index (χ4n) is 2.62. The number of methoxy groups -OCH3 is 2. The van der Waals surface area contributed by atoms with E-state index in [1.165, 1.54) is 0 Å². The molecule has 0 aliphatic heterocycles. The number of anilines is 1. The Hall–Kier alpha value is -2.73. The van der Waals surface area contributed by atoms with E-state index in [1.807, 2.05) is 44.2 Å². The van der Waals surface area contributed by atoms with E-state index < -0.39 is 0 Å². The van der Waals surface area contributed by atoms with Gasteiger partial charge in [0.25, 0.3) is 0 Å². The van der Waals surface area contributed by atoms with Gasteiger partial charge in [0.15, 0.2) is 17.5 Å². The van der Waals surface area contributed by atoms with Crippen molar-refractivity contribution in [2.75, 3.05) is 32.7 Å². The zero-order chi connectivity index (χ0) is 19.5. The predicted octanol–water partition coefficient (Wildman–Crippen LogP) is 3.82. The molecule has 2 aromatic rings. The first-order valence-corrected chi connectivity index (χ1v) is 9.13. The maximum atomic E-state index is 5.64. The van der Waals surface area contributed by atoms with Gasteiger partial charge < -0.3 is 24.8 Å². The Morgan fingerprint density at radius 3 is 2.52 bits per heavy atom. The molecular weight excluding hydrogens is 342 g/mol. The van der Waals surface area contributed by atoms with Crippen molar-refractivity contribution in [3.8, 4) is 11.5 Å². The lowest BCUT2D eigenvalue weighted by molar-refractivity contribution is 0.185. The van der Waals surface area contributed by atoms with Crippen LogP contribution in [0.2, 0.25) is 0 Å². The van der Waals surface area contributed by atoms with E-state index in [4.69, 9.17) is 14.2 Å². The van der Waals surface area contributed by atoms with Crippen LogP contribution in [0.3, 0.4) is 0 Å². The molecule has 0 heterocycles. The quantitative estimate of drug-likeness (QED) is 0.518. The van der Waals surface area contributed by atoms with Gasteiger partial charge in [-0.1, -0.05) is 24.3 Å². The first-order chi connectivity index (χ1) is 13.2. The number of nitrogens with zero attached hydrogens (tertiary/aromatic N) is 1. The number of ether oxygens (including phenoxy) is 3. The van der Waals surface area contributed by atoms with Gasteiger partial charge in [-0.2, -0.15) is 0 Å². The summed E-state index contributed by atoms with van der Waals surface area (Å²) in [4.78, 5) is 4.68. The molecule has 6 nitrogen and oxygen atoms in total. The molecule has 0 amide bonds. The zero-order valence-electron chi connectivity index (χ0n) is 16.5. The number of nitrogens with one attached hydrogen (secondary N) is 2. The summed E-state index contributed by atoms with van der Waals surface area (Å²) in [5, 5.41) is 6.58. The lowest BCUT2D eigenvalue weighted by Gasteiger charge is -2.14. The first-order valence-electron chi connectivity index (χ1n) is 9.13. The Morgan fingerprint density at radius 1 is 1.00 bits per heavy atom. The molecule has 2 N–H and O–H groups in total. The molecule has 2 aromatic carbocycles. The molecule has 0 bridgehead atoms. The molecule has 2 rings (SSSR count). The normalized spacial score (nSPS) is 11.2. The average molecular weight is 371 g/mol. The van der Waals surface area contributed by atoms with Crippen molar-refractivity contribution in [3.05, 3.63) is 53.6 Å². The Balaban J connectivity index is 2.13. The number of benzene rings is 2. The lowest BCUT2D eigenvalue weighted by atomic mass is 10.1. The van der Waals surface area contributed by atoms with Crippen LogP contribution >= 0.6 is 0 Å². The van der Waals surface area contributed by atoms with Crippen molar-refractivity contribution in [2.24, 2.45) is 4.99 Å². The summed E-state index contributed by atoms with van der Waals surface area (Å²) in [6.45, 7) is 6.50. The number of aliphatic imine (C=N–C) groups is 1. The standard InChI is InChI=1S/C21H29N3O3/c1-5-22-21(23-14-16-8-7-9-17(12-16)15-25-3)24-18-10-11-19(26-4)20(13-18)27-6-2/h7-13H,5-6,14-15H2,1-4H3,(H2,22,23,24). The van der Waals surface area contributed by atoms with Gasteiger partial charge in [0, 0.05) is 25.4 Å². The van der Waals surface area contributed by atoms with E-state index in [0.29, 0.717) is 37.2 Å². The highest BCUT2D eigenvalue weighted by Gasteiger charge is 2.07. The number of rotatable bonds is 9. The zero-order valence-corrected chi connectivity index (χ0v) is 16.5. The molecule has 27 heavy (non-hydrogen) atoms. The van der Waals surface area contributed by atoms with E-state index in [9.17, 15) is 0 Å². The van der Waals surface area contributed by atoms with Gasteiger partial charge in [-0.05, 0) is 37.1 Å². The fourth-order valence-corrected chi connectivity index (χ4v) is 2.62. The SMILES string of the molecule is CCNC(=NCc1cccc(COC)c1)Nc1ccc(OC)c(OCC)c1. The molecule has 146 valence electrons. The molecule has 0 unspecified atom stereocenters. The molecule has 0 spiro atoms. The third-order valence-corrected chi connectivity index (χ3v) is 3.79. The second kappa shape index (κ2) is 11.1. The second-order valence-corrected chi connectivity index (χ2v) is 5.87. The molecule has 0 aliphatic rings. The van der Waals surface area contributed by atoms with E-state index in [2.05, 4.69) is 27.8 Å². The molecule has 0 saturated carbocycles. The molecular formula is C21H29N3O3. The van der Waals surface area contributed by atoms with Gasteiger partial charge in [-0.3, -0.25) is 0 Å². The molecule has 0 aromatic heterocycles. The Kier molecular flexibility index (Phi) is 8.45. The molecule has 0 radical (unpaired) electrons. The van der Waals surface area contributed by atoms with Crippen molar-refractivity contribution in [1.82, 2.24) is 5.32 Å². The van der Waals surface area contributed by atoms with Gasteiger partial charge in [-0.15, -0.1) is 0 Å². The first kappa shape index (κ1) is 20.6. The van der Waals surface area contributed by atoms with Crippen LogP contribution in [-0.4, -0.2) is 33.3 Å². The smallest absolute Gasteiger partial charge is 0.196 e. The number of guanidine groups is 1. The highest BCUT2D eigenvalue weighted by Crippen LogP contribution is 2.30. The summed E-state index contributed by atoms with van der Waals surface area (Å²) in [5.74, 6) is 2.12. The minimum atomic E-state index is 0.571. The van der Waals surface area contributed by atoms with Crippen molar-refractivity contribution < 1.29 is 14.2 Å². The third-order valence-electron chi connectivity index (χ3n) is 3.79. The average Bonchev–Trinajstić information content (AvgIpc) is 2.67. The largest absolute Gasteiger partial charge is 0.493 e. The summed E-state index contributed by atoms with van der Waals surface area (Å²) < 4.78 is 16.2. The van der Waals surface area contributed by atoms with Crippen LogP contribution in [0.1, 0.15) is 25.0 Å². The van der Waals surface area contributed by atoms with Crippen molar-refractivity contribution in [1.29, 1.82) is 0 Å². The van der Waals surface area contributed by atoms with E-state index in [0.717, 1.165) is 23.4 Å². The van der Waals surface area contributed by atoms with Crippen LogP contribution in [0, 0.1) is 0 Å². The number of hydrogen-bond acceptors (Lipinski definition) is 4. The third kappa shape index (κ3) is 6.49. The maximum Gasteiger partial charge on any atom is 0.196 e. The highest BCUT2D eigenvalue weighted by atomic mass is 16.5. The van der Waals surface area contributed by atoms with Crippen LogP contribution < -0.4 is 20.1 Å². The minimum Gasteiger partial charge on any atom is -0.493 e. The van der Waals surface area contributed by atoms with Crippen LogP contribution in [0.15, 0.2) is 47.5 Å². The molecule has 6 heteroatoms. The van der Waals surface area contributed by atoms with Crippen LogP contribution in [0.5, 0.6) is 11.5 Å². The van der Waals surface area contributed by atoms with E-state index in [1.54, 1.807) is 14.2 Å². The number of hydrogen-bond donors (Lipinski definition) is 2. The molecule has 0 aliphatic carbocycles. The van der Waals surface area contributed by atoms with Gasteiger partial charge in [0.05, 0.1) is 26.9 Å². The Morgan fingerprint density at radius 2 is 1.81 bits per heavy atom. The van der Waals surface area contributed by atoms with Gasteiger partial charge in [-0.25, -0.2) is 4.99 Å². The Labute approximate surface area is 161 Å².